The van der Waals surface area contributed by atoms with Gasteiger partial charge in [0.2, 0.25) is 0 Å². The van der Waals surface area contributed by atoms with Gasteiger partial charge in [0.1, 0.15) is 5.92 Å². The Kier molecular flexibility index (Phi) is 4.28. The molecule has 2 unspecified atom stereocenters. The number of esters is 1. The van der Waals surface area contributed by atoms with Crippen molar-refractivity contribution < 1.29 is 9.53 Å². The molecule has 0 saturated carbocycles. The minimum Gasteiger partial charge on any atom is -0.462 e. The monoisotopic (exact) mass is 155 g/mol. The number of carbonyl (C=O) groups excluding carboxylic acids is 1. The van der Waals surface area contributed by atoms with E-state index in [0.717, 1.165) is 6.42 Å². The van der Waals surface area contributed by atoms with Gasteiger partial charge in [-0.3, -0.25) is 4.79 Å². The van der Waals surface area contributed by atoms with Crippen LogP contribution in [0.15, 0.2) is 0 Å². The smallest absolute Gasteiger partial charge is 0.323 e. The summed E-state index contributed by atoms with van der Waals surface area (Å²) in [6.45, 7) is 5.27. The molecule has 0 radical (unpaired) electrons. The van der Waals surface area contributed by atoms with Crippen LogP contribution in [0, 0.1) is 17.2 Å². The number of hydrogen-bond donors (Lipinski definition) is 0. The highest BCUT2D eigenvalue weighted by molar-refractivity contribution is 5.74. The molecule has 0 aromatic rings. The number of nitriles is 1. The third kappa shape index (κ3) is 3.61. The van der Waals surface area contributed by atoms with E-state index in [0.29, 0.717) is 0 Å². The number of nitrogens with zero attached hydrogens (tertiary/aromatic N) is 1. The van der Waals surface area contributed by atoms with E-state index >= 15 is 0 Å². The SMILES string of the molecule is CCC(C)OC(=O)C(C)C#N. The first-order valence-electron chi connectivity index (χ1n) is 3.71. The minimum atomic E-state index is -0.649. The normalized spacial score (nSPS) is 14.7. The maximum atomic E-state index is 10.9. The molecule has 11 heavy (non-hydrogen) atoms. The van der Waals surface area contributed by atoms with Crippen LogP contribution < -0.4 is 0 Å². The van der Waals surface area contributed by atoms with Crippen LogP contribution in [-0.2, 0) is 9.53 Å². The summed E-state index contributed by atoms with van der Waals surface area (Å²) >= 11 is 0. The maximum Gasteiger partial charge on any atom is 0.323 e. The fourth-order valence-corrected chi connectivity index (χ4v) is 0.436. The van der Waals surface area contributed by atoms with Crippen molar-refractivity contribution in [3.63, 3.8) is 0 Å². The van der Waals surface area contributed by atoms with Crippen LogP contribution in [0.1, 0.15) is 27.2 Å². The molecule has 0 aliphatic rings. The van der Waals surface area contributed by atoms with Gasteiger partial charge in [-0.25, -0.2) is 0 Å². The molecule has 0 spiro atoms. The molecule has 0 aliphatic carbocycles. The second-order valence-electron chi connectivity index (χ2n) is 2.51. The summed E-state index contributed by atoms with van der Waals surface area (Å²) in [5.74, 6) is -1.08. The summed E-state index contributed by atoms with van der Waals surface area (Å²) < 4.78 is 4.89. The van der Waals surface area contributed by atoms with E-state index in [9.17, 15) is 4.79 Å². The largest absolute Gasteiger partial charge is 0.462 e. The van der Waals surface area contributed by atoms with Crippen molar-refractivity contribution in [1.82, 2.24) is 0 Å². The van der Waals surface area contributed by atoms with Crippen LogP contribution in [0.25, 0.3) is 0 Å². The zero-order valence-corrected chi connectivity index (χ0v) is 7.13. The van der Waals surface area contributed by atoms with Crippen LogP contribution >= 0.6 is 0 Å². The Morgan fingerprint density at radius 3 is 2.55 bits per heavy atom. The number of rotatable bonds is 3. The lowest BCUT2D eigenvalue weighted by Crippen LogP contribution is -2.19. The van der Waals surface area contributed by atoms with Gasteiger partial charge in [0.05, 0.1) is 12.2 Å². The molecule has 0 amide bonds. The fourth-order valence-electron chi connectivity index (χ4n) is 0.436. The average molecular weight is 155 g/mol. The highest BCUT2D eigenvalue weighted by Crippen LogP contribution is 2.02. The van der Waals surface area contributed by atoms with Crippen molar-refractivity contribution in [2.75, 3.05) is 0 Å². The minimum absolute atomic E-state index is 0.0849. The average Bonchev–Trinajstić information content (AvgIpc) is 2.02. The Morgan fingerprint density at radius 1 is 1.64 bits per heavy atom. The number of carbonyl (C=O) groups is 1. The standard InChI is InChI=1S/C8H13NO2/c1-4-7(3)11-8(10)6(2)5-9/h6-7H,4H2,1-3H3. The van der Waals surface area contributed by atoms with Gasteiger partial charge in [0.15, 0.2) is 0 Å². The third-order valence-electron chi connectivity index (χ3n) is 1.44. The van der Waals surface area contributed by atoms with Gasteiger partial charge < -0.3 is 4.74 Å². The molecule has 0 aliphatic heterocycles. The lowest BCUT2D eigenvalue weighted by Gasteiger charge is -2.10. The molecule has 0 rings (SSSR count). The Hall–Kier alpha value is -1.04. The van der Waals surface area contributed by atoms with E-state index in [4.69, 9.17) is 10.00 Å². The second-order valence-corrected chi connectivity index (χ2v) is 2.51. The van der Waals surface area contributed by atoms with Gasteiger partial charge in [-0.15, -0.1) is 0 Å². The molecule has 0 aromatic heterocycles. The Morgan fingerprint density at radius 2 is 2.18 bits per heavy atom. The van der Waals surface area contributed by atoms with E-state index in [-0.39, 0.29) is 6.10 Å². The van der Waals surface area contributed by atoms with Crippen molar-refractivity contribution in [3.8, 4) is 6.07 Å². The highest BCUT2D eigenvalue weighted by Gasteiger charge is 2.15. The summed E-state index contributed by atoms with van der Waals surface area (Å²) in [6.07, 6.45) is 0.697. The maximum absolute atomic E-state index is 10.9. The molecule has 0 fully saturated rings. The molecule has 0 bridgehead atoms. The molecule has 2 atom stereocenters. The van der Waals surface area contributed by atoms with Crippen molar-refractivity contribution in [1.29, 1.82) is 5.26 Å². The molecular formula is C8H13NO2. The molecule has 0 N–H and O–H groups in total. The number of ether oxygens (including phenoxy) is 1. The van der Waals surface area contributed by atoms with Crippen molar-refractivity contribution in [3.05, 3.63) is 0 Å². The van der Waals surface area contributed by atoms with E-state index in [1.807, 2.05) is 19.9 Å². The first-order chi connectivity index (χ1) is 5.11. The quantitative estimate of drug-likeness (QED) is 0.580. The second kappa shape index (κ2) is 4.73. The molecule has 62 valence electrons. The van der Waals surface area contributed by atoms with Crippen molar-refractivity contribution in [2.24, 2.45) is 5.92 Å². The first-order valence-corrected chi connectivity index (χ1v) is 3.71. The van der Waals surface area contributed by atoms with Gasteiger partial charge >= 0.3 is 5.97 Å². The molecule has 0 heterocycles. The summed E-state index contributed by atoms with van der Waals surface area (Å²) in [5.41, 5.74) is 0. The summed E-state index contributed by atoms with van der Waals surface area (Å²) in [5, 5.41) is 8.34. The van der Waals surface area contributed by atoms with Crippen LogP contribution in [0.3, 0.4) is 0 Å². The van der Waals surface area contributed by atoms with Gasteiger partial charge in [-0.2, -0.15) is 5.26 Å². The van der Waals surface area contributed by atoms with Crippen LogP contribution in [0.4, 0.5) is 0 Å². The van der Waals surface area contributed by atoms with Gasteiger partial charge in [-0.05, 0) is 20.3 Å². The Labute approximate surface area is 67.0 Å². The summed E-state index contributed by atoms with van der Waals surface area (Å²) in [4.78, 5) is 10.9. The van der Waals surface area contributed by atoms with E-state index in [1.54, 1.807) is 0 Å². The first kappa shape index (κ1) is 9.96. The zero-order chi connectivity index (χ0) is 8.85. The van der Waals surface area contributed by atoms with Crippen LogP contribution in [0.5, 0.6) is 0 Å². The molecule has 0 aromatic carbocycles. The lowest BCUT2D eigenvalue weighted by atomic mass is 10.2. The van der Waals surface area contributed by atoms with E-state index < -0.39 is 11.9 Å². The highest BCUT2D eigenvalue weighted by atomic mass is 16.5. The third-order valence-corrected chi connectivity index (χ3v) is 1.44. The Bertz CT molecular complexity index is 171. The molecule has 3 heteroatoms. The van der Waals surface area contributed by atoms with Crippen molar-refractivity contribution >= 4 is 5.97 Å². The molecule has 3 nitrogen and oxygen atoms in total. The fraction of sp³-hybridized carbons (Fsp3) is 0.750. The predicted octanol–water partition coefficient (Wildman–Crippen LogP) is 1.49. The van der Waals surface area contributed by atoms with Crippen LogP contribution in [0.2, 0.25) is 0 Å². The molecular weight excluding hydrogens is 142 g/mol. The lowest BCUT2D eigenvalue weighted by molar-refractivity contribution is -0.150. The van der Waals surface area contributed by atoms with Crippen molar-refractivity contribution in [2.45, 2.75) is 33.3 Å². The van der Waals surface area contributed by atoms with Gasteiger partial charge in [-0.1, -0.05) is 6.92 Å². The number of hydrogen-bond acceptors (Lipinski definition) is 3. The van der Waals surface area contributed by atoms with Gasteiger partial charge in [0, 0.05) is 0 Å². The predicted molar refractivity (Wildman–Crippen MR) is 40.6 cm³/mol. The van der Waals surface area contributed by atoms with Gasteiger partial charge in [0.25, 0.3) is 0 Å². The topological polar surface area (TPSA) is 50.1 Å². The zero-order valence-electron chi connectivity index (χ0n) is 7.13. The van der Waals surface area contributed by atoms with E-state index in [1.165, 1.54) is 6.92 Å². The van der Waals surface area contributed by atoms with E-state index in [2.05, 4.69) is 0 Å². The molecule has 0 saturated heterocycles. The summed E-state index contributed by atoms with van der Waals surface area (Å²) in [7, 11) is 0. The Balaban J connectivity index is 3.80. The summed E-state index contributed by atoms with van der Waals surface area (Å²) in [6, 6.07) is 1.82. The van der Waals surface area contributed by atoms with Crippen LogP contribution in [-0.4, -0.2) is 12.1 Å².